The zero-order chi connectivity index (χ0) is 19.0. The lowest BCUT2D eigenvalue weighted by molar-refractivity contribution is -0.383. The molecule has 4 aromatic rings. The molecule has 0 amide bonds. The fourth-order valence-corrected chi connectivity index (χ4v) is 2.75. The minimum Gasteiger partial charge on any atom is -0.462 e. The summed E-state index contributed by atoms with van der Waals surface area (Å²) in [5.74, 6) is 0.262. The molecule has 0 atom stereocenters. The first-order valence-electron chi connectivity index (χ1n) is 8.12. The maximum absolute atomic E-state index is 11.8. The van der Waals surface area contributed by atoms with Gasteiger partial charge in [0.2, 0.25) is 5.95 Å². The average molecular weight is 366 g/mol. The average Bonchev–Trinajstić information content (AvgIpc) is 3.18. The number of ether oxygens (including phenoxy) is 1. The molecule has 10 nitrogen and oxygen atoms in total. The Morgan fingerprint density at radius 1 is 1.30 bits per heavy atom. The Labute approximate surface area is 151 Å². The Morgan fingerprint density at radius 3 is 2.89 bits per heavy atom. The number of nitro benzene ring substituents is 1. The van der Waals surface area contributed by atoms with Crippen LogP contribution in [0.5, 0.6) is 0 Å². The molecular formula is C17H14N6O4. The summed E-state index contributed by atoms with van der Waals surface area (Å²) in [4.78, 5) is 31.2. The molecule has 0 aliphatic heterocycles. The van der Waals surface area contributed by atoms with E-state index in [2.05, 4.69) is 20.4 Å². The molecule has 0 radical (unpaired) electrons. The van der Waals surface area contributed by atoms with Gasteiger partial charge in [0.05, 0.1) is 28.1 Å². The topological polar surface area (TPSA) is 127 Å². The number of nitrogens with zero attached hydrogens (tertiary/aromatic N) is 4. The van der Waals surface area contributed by atoms with Gasteiger partial charge in [-0.05, 0) is 31.2 Å². The van der Waals surface area contributed by atoms with Crippen LogP contribution in [0.4, 0.5) is 17.3 Å². The van der Waals surface area contributed by atoms with Crippen molar-refractivity contribution in [2.45, 2.75) is 6.92 Å². The molecule has 10 heteroatoms. The molecule has 0 aliphatic carbocycles. The smallest absolute Gasteiger partial charge is 0.338 e. The monoisotopic (exact) mass is 366 g/mol. The van der Waals surface area contributed by atoms with Crippen LogP contribution in [-0.4, -0.2) is 37.1 Å². The number of para-hydroxylation sites is 2. The van der Waals surface area contributed by atoms with Crippen molar-refractivity contribution >= 4 is 40.1 Å². The highest BCUT2D eigenvalue weighted by molar-refractivity contribution is 5.94. The van der Waals surface area contributed by atoms with E-state index in [0.29, 0.717) is 40.6 Å². The molecule has 136 valence electrons. The van der Waals surface area contributed by atoms with Crippen LogP contribution in [0.15, 0.2) is 42.5 Å². The fourth-order valence-electron chi connectivity index (χ4n) is 2.75. The van der Waals surface area contributed by atoms with E-state index in [1.165, 1.54) is 6.07 Å². The third kappa shape index (κ3) is 2.92. The van der Waals surface area contributed by atoms with Crippen molar-refractivity contribution in [3.05, 3.63) is 58.1 Å². The zero-order valence-corrected chi connectivity index (χ0v) is 14.2. The normalized spacial score (nSPS) is 11.0. The van der Waals surface area contributed by atoms with Crippen molar-refractivity contribution in [2.24, 2.45) is 0 Å². The Kier molecular flexibility index (Phi) is 3.92. The number of carbonyl (C=O) groups excluding carboxylic acids is 1. The number of hydrogen-bond acceptors (Lipinski definition) is 7. The lowest BCUT2D eigenvalue weighted by Crippen LogP contribution is -2.04. The minimum atomic E-state index is -0.470. The molecule has 2 aromatic heterocycles. The van der Waals surface area contributed by atoms with Crippen LogP contribution in [0.3, 0.4) is 0 Å². The number of esters is 1. The predicted octanol–water partition coefficient (Wildman–Crippen LogP) is 3.04. The first kappa shape index (κ1) is 16.5. The number of benzene rings is 2. The molecule has 27 heavy (non-hydrogen) atoms. The third-order valence-corrected chi connectivity index (χ3v) is 3.93. The van der Waals surface area contributed by atoms with E-state index < -0.39 is 10.9 Å². The van der Waals surface area contributed by atoms with Gasteiger partial charge < -0.3 is 10.1 Å². The number of nitro groups is 1. The number of rotatable bonds is 5. The molecule has 0 bridgehead atoms. The zero-order valence-electron chi connectivity index (χ0n) is 14.2. The highest BCUT2D eigenvalue weighted by atomic mass is 16.6. The number of carbonyl (C=O) groups is 1. The van der Waals surface area contributed by atoms with E-state index in [-0.39, 0.29) is 5.69 Å². The Bertz CT molecular complexity index is 1180. The summed E-state index contributed by atoms with van der Waals surface area (Å²) in [6.07, 6.45) is 0. The molecule has 4 rings (SSSR count). The van der Waals surface area contributed by atoms with E-state index in [1.807, 2.05) is 0 Å². The maximum atomic E-state index is 11.8. The number of aromatic amines is 1. The van der Waals surface area contributed by atoms with Gasteiger partial charge in [-0.1, -0.05) is 12.1 Å². The highest BCUT2D eigenvalue weighted by Crippen LogP contribution is 2.26. The van der Waals surface area contributed by atoms with Crippen molar-refractivity contribution in [1.82, 2.24) is 19.6 Å². The maximum Gasteiger partial charge on any atom is 0.338 e. The predicted molar refractivity (Wildman–Crippen MR) is 97.2 cm³/mol. The van der Waals surface area contributed by atoms with Crippen LogP contribution < -0.4 is 5.32 Å². The van der Waals surface area contributed by atoms with Gasteiger partial charge in [-0.3, -0.25) is 15.2 Å². The van der Waals surface area contributed by atoms with Crippen LogP contribution in [-0.2, 0) is 4.74 Å². The second kappa shape index (κ2) is 6.41. The first-order valence-corrected chi connectivity index (χ1v) is 8.12. The molecule has 2 heterocycles. The number of hydrogen-bond donors (Lipinski definition) is 2. The standard InChI is InChI=1S/C17H14N6O4/c1-2-27-15(24)10-7-8-13-12(9-10)19-17-20-16(21-22(13)17)18-11-5-3-4-6-14(11)23(25)26/h3-9H,2H2,1H3,(H2,18,19,20,21). The molecular weight excluding hydrogens is 352 g/mol. The molecule has 0 aliphatic rings. The number of aromatic nitrogens is 4. The second-order valence-electron chi connectivity index (χ2n) is 5.64. The van der Waals surface area contributed by atoms with Gasteiger partial charge in [-0.25, -0.2) is 14.3 Å². The third-order valence-electron chi connectivity index (χ3n) is 3.93. The lowest BCUT2D eigenvalue weighted by Gasteiger charge is -2.03. The summed E-state index contributed by atoms with van der Waals surface area (Å²) in [7, 11) is 0. The number of fused-ring (bicyclic) bond motifs is 3. The molecule has 2 aromatic carbocycles. The van der Waals surface area contributed by atoms with Gasteiger partial charge in [0, 0.05) is 6.07 Å². The van der Waals surface area contributed by atoms with Gasteiger partial charge >= 0.3 is 5.97 Å². The SMILES string of the molecule is CCOC(=O)c1ccc2c(c1)nc1nc(Nc3ccccc3[N+](=O)[O-])[nH]n12. The largest absolute Gasteiger partial charge is 0.462 e. The van der Waals surface area contributed by atoms with E-state index in [1.54, 1.807) is 47.8 Å². The van der Waals surface area contributed by atoms with Crippen molar-refractivity contribution in [3.8, 4) is 0 Å². The van der Waals surface area contributed by atoms with E-state index in [9.17, 15) is 14.9 Å². The molecule has 0 spiro atoms. The highest BCUT2D eigenvalue weighted by Gasteiger charge is 2.16. The van der Waals surface area contributed by atoms with Crippen LogP contribution in [0.25, 0.3) is 16.8 Å². The number of imidazole rings is 1. The first-order chi connectivity index (χ1) is 13.1. The second-order valence-corrected chi connectivity index (χ2v) is 5.64. The molecule has 0 fully saturated rings. The van der Waals surface area contributed by atoms with Crippen molar-refractivity contribution < 1.29 is 14.5 Å². The molecule has 0 saturated carbocycles. The summed E-state index contributed by atoms with van der Waals surface area (Å²) in [6, 6.07) is 11.3. The van der Waals surface area contributed by atoms with Crippen molar-refractivity contribution in [2.75, 3.05) is 11.9 Å². The van der Waals surface area contributed by atoms with Gasteiger partial charge in [0.25, 0.3) is 11.5 Å². The van der Waals surface area contributed by atoms with Gasteiger partial charge in [0.1, 0.15) is 5.69 Å². The fraction of sp³-hybridized carbons (Fsp3) is 0.118. The summed E-state index contributed by atoms with van der Waals surface area (Å²) in [6.45, 7) is 2.04. The van der Waals surface area contributed by atoms with E-state index in [0.717, 1.165) is 0 Å². The van der Waals surface area contributed by atoms with Crippen molar-refractivity contribution in [3.63, 3.8) is 0 Å². The van der Waals surface area contributed by atoms with Crippen LogP contribution in [0.2, 0.25) is 0 Å². The van der Waals surface area contributed by atoms with E-state index in [4.69, 9.17) is 4.74 Å². The summed E-state index contributed by atoms with van der Waals surface area (Å²) in [5.41, 5.74) is 1.95. The van der Waals surface area contributed by atoms with Gasteiger partial charge in [0.15, 0.2) is 0 Å². The van der Waals surface area contributed by atoms with Gasteiger partial charge in [-0.15, -0.1) is 0 Å². The summed E-state index contributed by atoms with van der Waals surface area (Å²) >= 11 is 0. The Balaban J connectivity index is 1.69. The minimum absolute atomic E-state index is 0.0597. The number of nitrogens with one attached hydrogen (secondary N) is 2. The van der Waals surface area contributed by atoms with E-state index >= 15 is 0 Å². The summed E-state index contributed by atoms with van der Waals surface area (Å²) in [5, 5.41) is 17.0. The molecule has 0 unspecified atom stereocenters. The van der Waals surface area contributed by atoms with Crippen LogP contribution >= 0.6 is 0 Å². The Hall–Kier alpha value is -3.95. The molecule has 2 N–H and O–H groups in total. The van der Waals surface area contributed by atoms with Crippen LogP contribution in [0.1, 0.15) is 17.3 Å². The van der Waals surface area contributed by atoms with Crippen LogP contribution in [0, 0.1) is 10.1 Å². The summed E-state index contributed by atoms with van der Waals surface area (Å²) < 4.78 is 6.61. The van der Waals surface area contributed by atoms with Crippen molar-refractivity contribution in [1.29, 1.82) is 0 Å². The van der Waals surface area contributed by atoms with Gasteiger partial charge in [-0.2, -0.15) is 4.98 Å². The lowest BCUT2D eigenvalue weighted by atomic mass is 10.2. The molecule has 0 saturated heterocycles. The number of H-pyrrole nitrogens is 1. The quantitative estimate of drug-likeness (QED) is 0.316. The number of anilines is 2. The Morgan fingerprint density at radius 2 is 2.11 bits per heavy atom.